The number of carbonyl (C=O) groups excluding carboxylic acids is 2. The number of amides is 2. The highest BCUT2D eigenvalue weighted by Gasteiger charge is 2.31. The molecule has 1 aromatic heterocycles. The minimum atomic E-state index is -0.401. The van der Waals surface area contributed by atoms with Crippen molar-refractivity contribution < 1.29 is 9.59 Å². The molecule has 0 spiro atoms. The second-order valence-electron chi connectivity index (χ2n) is 4.29. The maximum absolute atomic E-state index is 11.9. The average Bonchev–Trinajstić information content (AvgIpc) is 2.88. The summed E-state index contributed by atoms with van der Waals surface area (Å²) in [4.78, 5) is 31.1. The van der Waals surface area contributed by atoms with Crippen LogP contribution in [0.4, 0.5) is 0 Å². The van der Waals surface area contributed by atoms with E-state index in [1.807, 2.05) is 12.3 Å². The summed E-state index contributed by atoms with van der Waals surface area (Å²) in [6.45, 7) is 4.23. The molecule has 0 aromatic carbocycles. The second-order valence-corrected chi connectivity index (χ2v) is 5.50. The van der Waals surface area contributed by atoms with Gasteiger partial charge in [0.15, 0.2) is 0 Å². The first kappa shape index (κ1) is 14.3. The fraction of sp³-hybridized carbons (Fsp3) is 0.583. The van der Waals surface area contributed by atoms with Crippen molar-refractivity contribution >= 4 is 34.8 Å². The summed E-state index contributed by atoms with van der Waals surface area (Å²) in [5.41, 5.74) is 0.861. The lowest BCUT2D eigenvalue weighted by atomic mass is 10.2. The number of aromatic nitrogens is 1. The molecule has 2 heterocycles. The Morgan fingerprint density at radius 1 is 1.32 bits per heavy atom. The second kappa shape index (κ2) is 6.34. The number of hydrogen-bond donors (Lipinski definition) is 0. The number of hydrogen-bond acceptors (Lipinski definition) is 4. The third-order valence-corrected chi connectivity index (χ3v) is 4.34. The molecule has 0 N–H and O–H groups in total. The Hall–Kier alpha value is -1.14. The van der Waals surface area contributed by atoms with E-state index in [9.17, 15) is 9.59 Å². The van der Waals surface area contributed by atoms with Gasteiger partial charge in [-0.25, -0.2) is 4.98 Å². The van der Waals surface area contributed by atoms with Crippen molar-refractivity contribution in [3.05, 3.63) is 16.1 Å². The smallest absolute Gasteiger partial charge is 0.312 e. The third-order valence-electron chi connectivity index (χ3n) is 3.11. The summed E-state index contributed by atoms with van der Waals surface area (Å²) >= 11 is 7.23. The van der Waals surface area contributed by atoms with E-state index in [2.05, 4.69) is 4.98 Å². The van der Waals surface area contributed by atoms with Gasteiger partial charge in [0.05, 0.1) is 16.6 Å². The summed E-state index contributed by atoms with van der Waals surface area (Å²) in [7, 11) is 0. The molecule has 104 valence electrons. The van der Waals surface area contributed by atoms with Crippen LogP contribution in [-0.4, -0.2) is 52.8 Å². The lowest BCUT2D eigenvalue weighted by Gasteiger charge is -2.32. The molecule has 1 aromatic rings. The first-order chi connectivity index (χ1) is 9.15. The van der Waals surface area contributed by atoms with Crippen molar-refractivity contribution in [3.8, 4) is 0 Å². The molecule has 0 unspecified atom stereocenters. The van der Waals surface area contributed by atoms with E-state index < -0.39 is 11.8 Å². The van der Waals surface area contributed by atoms with Crippen LogP contribution in [0.25, 0.3) is 0 Å². The van der Waals surface area contributed by atoms with Gasteiger partial charge in [-0.1, -0.05) is 0 Å². The molecule has 5 nitrogen and oxygen atoms in total. The Bertz CT molecular complexity index is 477. The maximum Gasteiger partial charge on any atom is 0.312 e. The quantitative estimate of drug-likeness (QED) is 0.605. The van der Waals surface area contributed by atoms with Crippen LogP contribution in [0.15, 0.2) is 5.38 Å². The van der Waals surface area contributed by atoms with Crippen LogP contribution in [-0.2, 0) is 21.9 Å². The summed E-state index contributed by atoms with van der Waals surface area (Å²) in [5, 5.41) is 2.87. The minimum Gasteiger partial charge on any atom is -0.333 e. The first-order valence-electron chi connectivity index (χ1n) is 6.23. The highest BCUT2D eigenvalue weighted by Crippen LogP contribution is 2.13. The molecule has 0 saturated carbocycles. The average molecular weight is 302 g/mol. The van der Waals surface area contributed by atoms with Crippen molar-refractivity contribution in [2.75, 3.05) is 26.2 Å². The van der Waals surface area contributed by atoms with Crippen molar-refractivity contribution in [2.24, 2.45) is 0 Å². The number of nitrogens with zero attached hydrogens (tertiary/aromatic N) is 3. The molecule has 0 atom stereocenters. The van der Waals surface area contributed by atoms with Crippen molar-refractivity contribution in [1.82, 2.24) is 14.8 Å². The molecule has 0 aliphatic carbocycles. The van der Waals surface area contributed by atoms with Crippen LogP contribution in [0.3, 0.4) is 0 Å². The number of carbonyl (C=O) groups is 2. The molecule has 1 fully saturated rings. The summed E-state index contributed by atoms with van der Waals surface area (Å²) in [6.07, 6.45) is 0.673. The number of rotatable bonds is 5. The van der Waals surface area contributed by atoms with E-state index in [1.165, 1.54) is 0 Å². The molecule has 2 amide bonds. The largest absolute Gasteiger partial charge is 0.333 e. The van der Waals surface area contributed by atoms with Crippen LogP contribution in [0, 0.1) is 0 Å². The zero-order valence-corrected chi connectivity index (χ0v) is 12.3. The Morgan fingerprint density at radius 2 is 2.00 bits per heavy atom. The van der Waals surface area contributed by atoms with Crippen LogP contribution < -0.4 is 0 Å². The van der Waals surface area contributed by atoms with E-state index in [4.69, 9.17) is 11.6 Å². The van der Waals surface area contributed by atoms with Crippen LogP contribution in [0.5, 0.6) is 0 Å². The number of piperazine rings is 1. The molecule has 7 heteroatoms. The zero-order valence-electron chi connectivity index (χ0n) is 10.8. The monoisotopic (exact) mass is 301 g/mol. The molecule has 2 rings (SSSR count). The molecule has 1 aliphatic rings. The number of thiazole rings is 1. The minimum absolute atomic E-state index is 0.394. The van der Waals surface area contributed by atoms with Crippen LogP contribution >= 0.6 is 22.9 Å². The van der Waals surface area contributed by atoms with Gasteiger partial charge in [-0.2, -0.15) is 0 Å². The molecule has 1 aliphatic heterocycles. The Morgan fingerprint density at radius 3 is 2.63 bits per heavy atom. The van der Waals surface area contributed by atoms with E-state index in [1.54, 1.807) is 21.1 Å². The van der Waals surface area contributed by atoms with Gasteiger partial charge < -0.3 is 9.80 Å². The number of likely N-dealkylation sites (N-methyl/N-ethyl adjacent to an activating group) is 1. The zero-order chi connectivity index (χ0) is 13.8. The lowest BCUT2D eigenvalue weighted by molar-refractivity contribution is -0.155. The van der Waals surface area contributed by atoms with Crippen molar-refractivity contribution in [3.63, 3.8) is 0 Å². The van der Waals surface area contributed by atoms with Gasteiger partial charge in [0.25, 0.3) is 0 Å². The normalized spacial score (nSPS) is 16.3. The van der Waals surface area contributed by atoms with Gasteiger partial charge >= 0.3 is 11.8 Å². The van der Waals surface area contributed by atoms with Gasteiger partial charge in [-0.15, -0.1) is 22.9 Å². The van der Waals surface area contributed by atoms with Gasteiger partial charge in [-0.05, 0) is 6.92 Å². The topological polar surface area (TPSA) is 53.5 Å². The molecule has 1 saturated heterocycles. The van der Waals surface area contributed by atoms with E-state index in [0.717, 1.165) is 10.7 Å². The molecule has 19 heavy (non-hydrogen) atoms. The van der Waals surface area contributed by atoms with Crippen LogP contribution in [0.1, 0.15) is 17.6 Å². The van der Waals surface area contributed by atoms with E-state index in [-0.39, 0.29) is 0 Å². The van der Waals surface area contributed by atoms with Crippen molar-refractivity contribution in [2.45, 2.75) is 19.2 Å². The predicted octanol–water partition coefficient (Wildman–Crippen LogP) is 1.12. The lowest BCUT2D eigenvalue weighted by Crippen LogP contribution is -2.54. The van der Waals surface area contributed by atoms with Gasteiger partial charge in [0, 0.05) is 38.0 Å². The number of halogens is 1. The molecular weight excluding hydrogens is 286 g/mol. The molecular formula is C12H16ClN3O2S. The summed E-state index contributed by atoms with van der Waals surface area (Å²) < 4.78 is 0. The van der Waals surface area contributed by atoms with Crippen molar-refractivity contribution in [1.29, 1.82) is 0 Å². The molecule has 0 bridgehead atoms. The van der Waals surface area contributed by atoms with Gasteiger partial charge in [-0.3, -0.25) is 9.59 Å². The highest BCUT2D eigenvalue weighted by molar-refractivity contribution is 7.09. The van der Waals surface area contributed by atoms with Gasteiger partial charge in [0.2, 0.25) is 0 Å². The molecule has 0 radical (unpaired) electrons. The standard InChI is InChI=1S/C12H16ClN3O2S/c1-2-15-5-6-16(12(18)11(15)17)4-3-10-14-9(7-13)8-19-10/h8H,2-7H2,1H3. The Labute approximate surface area is 121 Å². The fourth-order valence-corrected chi connectivity index (χ4v) is 3.00. The summed E-state index contributed by atoms with van der Waals surface area (Å²) in [6, 6.07) is 0. The first-order valence-corrected chi connectivity index (χ1v) is 7.64. The summed E-state index contributed by atoms with van der Waals surface area (Å²) in [5.74, 6) is -0.389. The Balaban J connectivity index is 1.89. The third kappa shape index (κ3) is 3.25. The number of alkyl halides is 1. The SMILES string of the molecule is CCN1CCN(CCc2nc(CCl)cs2)C(=O)C1=O. The maximum atomic E-state index is 11.9. The Kier molecular flexibility index (Phi) is 4.76. The van der Waals surface area contributed by atoms with Crippen LogP contribution in [0.2, 0.25) is 0 Å². The predicted molar refractivity (Wildman–Crippen MR) is 74.2 cm³/mol. The fourth-order valence-electron chi connectivity index (χ4n) is 1.99. The highest BCUT2D eigenvalue weighted by atomic mass is 35.5. The van der Waals surface area contributed by atoms with E-state index >= 15 is 0 Å². The van der Waals surface area contributed by atoms with E-state index in [0.29, 0.717) is 38.5 Å². The van der Waals surface area contributed by atoms with Gasteiger partial charge in [0.1, 0.15) is 0 Å².